The minimum atomic E-state index is -0.457. The average molecular weight is 371 g/mol. The fraction of sp³-hybridized carbons (Fsp3) is 0.286. The van der Waals surface area contributed by atoms with Crippen molar-refractivity contribution in [3.63, 3.8) is 0 Å². The summed E-state index contributed by atoms with van der Waals surface area (Å²) < 4.78 is 11.4. The zero-order valence-corrected chi connectivity index (χ0v) is 13.1. The Morgan fingerprint density at radius 1 is 1.42 bits per heavy atom. The summed E-state index contributed by atoms with van der Waals surface area (Å²) in [5.74, 6) is 0.202. The molecule has 0 atom stereocenters. The van der Waals surface area contributed by atoms with Crippen LogP contribution in [-0.4, -0.2) is 24.7 Å². The van der Waals surface area contributed by atoms with E-state index in [0.29, 0.717) is 12.4 Å². The number of hydrogen-bond donors (Lipinski definition) is 0. The molecule has 0 spiro atoms. The van der Waals surface area contributed by atoms with E-state index >= 15 is 0 Å². The van der Waals surface area contributed by atoms with Crippen LogP contribution in [0, 0.1) is 10.5 Å². The van der Waals surface area contributed by atoms with Crippen LogP contribution in [0.3, 0.4) is 0 Å². The van der Waals surface area contributed by atoms with Gasteiger partial charge in [0.25, 0.3) is 0 Å². The van der Waals surface area contributed by atoms with Gasteiger partial charge in [0.2, 0.25) is 0 Å². The second kappa shape index (κ2) is 5.73. The first-order chi connectivity index (χ1) is 9.08. The lowest BCUT2D eigenvalue weighted by Crippen LogP contribution is -2.06. The Bertz CT molecular complexity index is 640. The fourth-order valence-electron chi connectivity index (χ4n) is 1.86. The highest BCUT2D eigenvalue weighted by molar-refractivity contribution is 14.1. The molecule has 0 saturated heterocycles. The molecule has 5 heteroatoms. The predicted molar refractivity (Wildman–Crippen MR) is 81.7 cm³/mol. The van der Waals surface area contributed by atoms with Crippen LogP contribution in [0.1, 0.15) is 23.0 Å². The van der Waals surface area contributed by atoms with E-state index in [2.05, 4.69) is 27.6 Å². The van der Waals surface area contributed by atoms with Crippen LogP contribution >= 0.6 is 22.6 Å². The molecule has 0 saturated carbocycles. The highest BCUT2D eigenvalue weighted by atomic mass is 127. The van der Waals surface area contributed by atoms with Gasteiger partial charge < -0.3 is 9.47 Å². The van der Waals surface area contributed by atoms with E-state index in [1.54, 1.807) is 6.07 Å². The average Bonchev–Trinajstić information content (AvgIpc) is 2.42. The summed E-state index contributed by atoms with van der Waals surface area (Å²) in [5, 5.41) is 0.910. The van der Waals surface area contributed by atoms with Crippen molar-refractivity contribution in [3.8, 4) is 5.75 Å². The first-order valence-electron chi connectivity index (χ1n) is 5.89. The Hall–Kier alpha value is -1.37. The van der Waals surface area contributed by atoms with Crippen molar-refractivity contribution < 1.29 is 14.3 Å². The molecule has 1 aromatic heterocycles. The van der Waals surface area contributed by atoms with Gasteiger partial charge in [-0.05, 0) is 54.1 Å². The smallest absolute Gasteiger partial charge is 0.356 e. The van der Waals surface area contributed by atoms with Crippen LogP contribution in [0.5, 0.6) is 5.75 Å². The van der Waals surface area contributed by atoms with Gasteiger partial charge in [-0.1, -0.05) is 0 Å². The zero-order chi connectivity index (χ0) is 14.0. The van der Waals surface area contributed by atoms with Gasteiger partial charge in [0.15, 0.2) is 5.69 Å². The summed E-state index contributed by atoms with van der Waals surface area (Å²) in [5.41, 5.74) is 2.08. The first-order valence-corrected chi connectivity index (χ1v) is 6.97. The number of methoxy groups -OCH3 is 1. The fourth-order valence-corrected chi connectivity index (χ4v) is 2.29. The van der Waals surface area contributed by atoms with Crippen LogP contribution in [-0.2, 0) is 4.74 Å². The minimum absolute atomic E-state index is 0.267. The van der Waals surface area contributed by atoms with E-state index in [-0.39, 0.29) is 5.69 Å². The standard InChI is InChI=1S/C14H14INO3/c1-4-19-12-7-11(14(17)18-3)16-13-8(2)10(15)6-5-9(12)13/h5-7H,4H2,1-3H3. The third-order valence-corrected chi connectivity index (χ3v) is 3.99. The molecule has 0 aliphatic carbocycles. The summed E-state index contributed by atoms with van der Waals surface area (Å²) in [7, 11) is 1.34. The Morgan fingerprint density at radius 3 is 2.79 bits per heavy atom. The van der Waals surface area contributed by atoms with Gasteiger partial charge >= 0.3 is 5.97 Å². The molecule has 0 radical (unpaired) electrons. The molecule has 0 aliphatic heterocycles. The number of aromatic nitrogens is 1. The van der Waals surface area contributed by atoms with Gasteiger partial charge in [-0.15, -0.1) is 0 Å². The number of carbonyl (C=O) groups is 1. The second-order valence-corrected chi connectivity index (χ2v) is 5.16. The summed E-state index contributed by atoms with van der Waals surface area (Å²) in [6, 6.07) is 5.60. The molecule has 0 fully saturated rings. The van der Waals surface area contributed by atoms with Gasteiger partial charge in [-0.2, -0.15) is 0 Å². The highest BCUT2D eigenvalue weighted by Crippen LogP contribution is 2.30. The molecule has 0 N–H and O–H groups in total. The summed E-state index contributed by atoms with van der Waals surface area (Å²) in [4.78, 5) is 16.1. The van der Waals surface area contributed by atoms with Crippen LogP contribution in [0.2, 0.25) is 0 Å². The Morgan fingerprint density at radius 2 is 2.16 bits per heavy atom. The molecular formula is C14H14INO3. The van der Waals surface area contributed by atoms with Crippen molar-refractivity contribution in [2.45, 2.75) is 13.8 Å². The Labute approximate surface area is 125 Å². The number of ether oxygens (including phenoxy) is 2. The molecule has 0 aliphatic rings. The van der Waals surface area contributed by atoms with Crippen molar-refractivity contribution in [2.24, 2.45) is 0 Å². The number of aryl methyl sites for hydroxylation is 1. The number of halogens is 1. The van der Waals surface area contributed by atoms with E-state index in [4.69, 9.17) is 9.47 Å². The SMILES string of the molecule is CCOc1cc(C(=O)OC)nc2c(C)c(I)ccc12. The summed E-state index contributed by atoms with van der Waals surface area (Å²) >= 11 is 2.25. The zero-order valence-electron chi connectivity index (χ0n) is 11.0. The lowest BCUT2D eigenvalue weighted by atomic mass is 10.1. The molecule has 100 valence electrons. The largest absolute Gasteiger partial charge is 0.493 e. The third-order valence-electron chi connectivity index (χ3n) is 2.82. The normalized spacial score (nSPS) is 10.5. The van der Waals surface area contributed by atoms with Gasteiger partial charge in [0.05, 0.1) is 19.2 Å². The monoisotopic (exact) mass is 371 g/mol. The maximum atomic E-state index is 11.7. The van der Waals surface area contributed by atoms with Crippen molar-refractivity contribution in [1.82, 2.24) is 4.98 Å². The van der Waals surface area contributed by atoms with E-state index in [1.807, 2.05) is 26.0 Å². The maximum Gasteiger partial charge on any atom is 0.356 e. The molecule has 1 heterocycles. The molecular weight excluding hydrogens is 357 g/mol. The van der Waals surface area contributed by atoms with E-state index in [1.165, 1.54) is 7.11 Å². The van der Waals surface area contributed by atoms with Crippen molar-refractivity contribution in [3.05, 3.63) is 33.0 Å². The number of rotatable bonds is 3. The number of fused-ring (bicyclic) bond motifs is 1. The van der Waals surface area contributed by atoms with Crippen molar-refractivity contribution in [1.29, 1.82) is 0 Å². The van der Waals surface area contributed by atoms with Crippen molar-refractivity contribution >= 4 is 39.5 Å². The second-order valence-electron chi connectivity index (χ2n) is 4.00. The number of hydrogen-bond acceptors (Lipinski definition) is 4. The first kappa shape index (κ1) is 14.0. The van der Waals surface area contributed by atoms with Gasteiger partial charge in [0, 0.05) is 15.0 Å². The number of esters is 1. The minimum Gasteiger partial charge on any atom is -0.493 e. The van der Waals surface area contributed by atoms with Gasteiger partial charge in [0.1, 0.15) is 5.75 Å². The van der Waals surface area contributed by atoms with Crippen LogP contribution in [0.25, 0.3) is 10.9 Å². The highest BCUT2D eigenvalue weighted by Gasteiger charge is 2.15. The molecule has 2 aromatic rings. The lowest BCUT2D eigenvalue weighted by Gasteiger charge is -2.11. The molecule has 0 bridgehead atoms. The molecule has 4 nitrogen and oxygen atoms in total. The number of carbonyl (C=O) groups excluding carboxylic acids is 1. The van der Waals surface area contributed by atoms with Gasteiger partial charge in [-0.3, -0.25) is 0 Å². The molecule has 0 amide bonds. The Balaban J connectivity index is 2.76. The molecule has 0 unspecified atom stereocenters. The summed E-state index contributed by atoms with van der Waals surface area (Å²) in [6.07, 6.45) is 0. The van der Waals surface area contributed by atoms with Crippen LogP contribution in [0.15, 0.2) is 18.2 Å². The lowest BCUT2D eigenvalue weighted by molar-refractivity contribution is 0.0594. The molecule has 2 rings (SSSR count). The van der Waals surface area contributed by atoms with E-state index in [9.17, 15) is 4.79 Å². The van der Waals surface area contributed by atoms with Gasteiger partial charge in [-0.25, -0.2) is 9.78 Å². The number of benzene rings is 1. The number of nitrogens with zero attached hydrogens (tertiary/aromatic N) is 1. The van der Waals surface area contributed by atoms with Crippen LogP contribution in [0.4, 0.5) is 0 Å². The van der Waals surface area contributed by atoms with Crippen LogP contribution < -0.4 is 4.74 Å². The summed E-state index contributed by atoms with van der Waals surface area (Å²) in [6.45, 7) is 4.42. The molecule has 19 heavy (non-hydrogen) atoms. The predicted octanol–water partition coefficient (Wildman–Crippen LogP) is 3.33. The maximum absolute atomic E-state index is 11.7. The molecule has 1 aromatic carbocycles. The Kier molecular flexibility index (Phi) is 4.24. The van der Waals surface area contributed by atoms with E-state index < -0.39 is 5.97 Å². The topological polar surface area (TPSA) is 48.4 Å². The van der Waals surface area contributed by atoms with E-state index in [0.717, 1.165) is 20.0 Å². The number of pyridine rings is 1. The third kappa shape index (κ3) is 2.65. The quantitative estimate of drug-likeness (QED) is 0.614. The van der Waals surface area contributed by atoms with Crippen molar-refractivity contribution in [2.75, 3.05) is 13.7 Å².